The zero-order chi connectivity index (χ0) is 21.7. The van der Waals surface area contributed by atoms with Gasteiger partial charge >= 0.3 is 0 Å². The van der Waals surface area contributed by atoms with Gasteiger partial charge in [0, 0.05) is 10.8 Å². The second-order valence-corrected chi connectivity index (χ2v) is 8.14. The number of nitriles is 1. The molecular formula is C23H18BrFN4S. The topological polar surface area (TPSA) is 61.6 Å². The molecule has 0 fully saturated rings. The van der Waals surface area contributed by atoms with E-state index in [-0.39, 0.29) is 5.82 Å². The quantitative estimate of drug-likeness (QED) is 0.519. The zero-order valence-corrected chi connectivity index (χ0v) is 18.9. The van der Waals surface area contributed by atoms with Gasteiger partial charge in [-0.05, 0) is 71.2 Å². The second kappa shape index (κ2) is 9.64. The molecule has 2 aromatic heterocycles. The Morgan fingerprint density at radius 2 is 2.07 bits per heavy atom. The van der Waals surface area contributed by atoms with E-state index in [1.165, 1.54) is 23.5 Å². The van der Waals surface area contributed by atoms with Crippen LogP contribution in [0.2, 0.25) is 0 Å². The molecule has 150 valence electrons. The number of aromatic nitrogens is 2. The van der Waals surface area contributed by atoms with E-state index < -0.39 is 0 Å². The van der Waals surface area contributed by atoms with Gasteiger partial charge in [0.05, 0.1) is 5.70 Å². The number of aryl methyl sites for hydroxylation is 1. The van der Waals surface area contributed by atoms with Crippen molar-refractivity contribution in [3.63, 3.8) is 0 Å². The van der Waals surface area contributed by atoms with Crippen LogP contribution in [0.15, 0.2) is 53.7 Å². The van der Waals surface area contributed by atoms with Crippen LogP contribution in [0.3, 0.4) is 0 Å². The molecule has 0 aliphatic rings. The molecule has 1 N–H and O–H groups in total. The highest BCUT2D eigenvalue weighted by Gasteiger charge is 2.14. The summed E-state index contributed by atoms with van der Waals surface area (Å²) in [6, 6.07) is 10.0. The zero-order valence-electron chi connectivity index (χ0n) is 16.5. The minimum Gasteiger partial charge on any atom is -0.330 e. The van der Waals surface area contributed by atoms with E-state index in [9.17, 15) is 9.65 Å². The first-order chi connectivity index (χ1) is 14.5. The van der Waals surface area contributed by atoms with Crippen molar-refractivity contribution < 1.29 is 4.39 Å². The summed E-state index contributed by atoms with van der Waals surface area (Å²) in [6.07, 6.45) is 4.78. The number of thiazole rings is 1. The number of nitrogens with one attached hydrogen (secondary N) is 1. The highest BCUT2D eigenvalue weighted by Crippen LogP contribution is 2.31. The number of benzene rings is 1. The fourth-order valence-electron chi connectivity index (χ4n) is 2.83. The van der Waals surface area contributed by atoms with E-state index in [0.717, 1.165) is 22.9 Å². The molecule has 0 unspecified atom stereocenters. The van der Waals surface area contributed by atoms with Crippen LogP contribution in [0.4, 0.5) is 9.52 Å². The Hall–Kier alpha value is -3.04. The SMILES string of the molecule is C=C=c1c(C)cc(Br)n/c1=C(/C=C/CC)Nc1nc(-c2ccc(F)cc2)c(C#N)s1. The van der Waals surface area contributed by atoms with Crippen LogP contribution in [0.1, 0.15) is 23.8 Å². The monoisotopic (exact) mass is 480 g/mol. The van der Waals surface area contributed by atoms with Gasteiger partial charge < -0.3 is 5.32 Å². The molecule has 0 bridgehead atoms. The summed E-state index contributed by atoms with van der Waals surface area (Å²) in [5.41, 5.74) is 5.85. The van der Waals surface area contributed by atoms with Gasteiger partial charge in [-0.2, -0.15) is 5.26 Å². The smallest absolute Gasteiger partial charge is 0.189 e. The largest absolute Gasteiger partial charge is 0.330 e. The Bertz CT molecular complexity index is 1300. The lowest BCUT2D eigenvalue weighted by molar-refractivity contribution is 0.628. The number of rotatable bonds is 5. The molecule has 3 rings (SSSR count). The molecule has 2 heterocycles. The van der Waals surface area contributed by atoms with Crippen LogP contribution in [-0.2, 0) is 0 Å². The number of halogens is 2. The van der Waals surface area contributed by atoms with Gasteiger partial charge in [-0.1, -0.05) is 30.9 Å². The molecule has 0 radical (unpaired) electrons. The van der Waals surface area contributed by atoms with Crippen molar-refractivity contribution in [1.82, 2.24) is 9.97 Å². The van der Waals surface area contributed by atoms with Crippen LogP contribution < -0.4 is 15.9 Å². The Kier molecular flexibility index (Phi) is 6.96. The van der Waals surface area contributed by atoms with Crippen LogP contribution in [0.5, 0.6) is 0 Å². The van der Waals surface area contributed by atoms with Gasteiger partial charge in [-0.3, -0.25) is 0 Å². The summed E-state index contributed by atoms with van der Waals surface area (Å²) in [6.45, 7) is 7.80. The van der Waals surface area contributed by atoms with Crippen molar-refractivity contribution in [1.29, 1.82) is 5.26 Å². The van der Waals surface area contributed by atoms with Crippen molar-refractivity contribution in [2.75, 3.05) is 5.32 Å². The predicted molar refractivity (Wildman–Crippen MR) is 124 cm³/mol. The first-order valence-electron chi connectivity index (χ1n) is 9.14. The maximum absolute atomic E-state index is 13.3. The van der Waals surface area contributed by atoms with Gasteiger partial charge in [-0.25, -0.2) is 14.4 Å². The number of nitrogens with zero attached hydrogens (tertiary/aromatic N) is 3. The molecule has 0 amide bonds. The standard InChI is InChI=1S/C23H18BrFN4S/c1-4-6-7-18(22-17(5-2)14(3)12-20(24)28-22)27-23-29-21(19(13-26)30-23)15-8-10-16(25)11-9-15/h6-12H,2,4H2,1,3H3,(H,27,29)/b7-6+,22-18-. The number of hydrogen-bond donors (Lipinski definition) is 1. The maximum Gasteiger partial charge on any atom is 0.189 e. The lowest BCUT2D eigenvalue weighted by atomic mass is 10.1. The highest BCUT2D eigenvalue weighted by molar-refractivity contribution is 9.10. The summed E-state index contributed by atoms with van der Waals surface area (Å²) in [5.74, 6) is -0.338. The van der Waals surface area contributed by atoms with Crippen LogP contribution >= 0.6 is 27.3 Å². The van der Waals surface area contributed by atoms with E-state index in [1.807, 2.05) is 32.1 Å². The van der Waals surface area contributed by atoms with Gasteiger partial charge in [0.15, 0.2) is 5.13 Å². The molecular weight excluding hydrogens is 463 g/mol. The minimum atomic E-state index is -0.338. The van der Waals surface area contributed by atoms with Crippen molar-refractivity contribution in [2.45, 2.75) is 20.3 Å². The maximum atomic E-state index is 13.3. The molecule has 1 aromatic carbocycles. The Morgan fingerprint density at radius 3 is 2.70 bits per heavy atom. The molecule has 0 saturated carbocycles. The third-order valence-electron chi connectivity index (χ3n) is 4.23. The molecule has 30 heavy (non-hydrogen) atoms. The normalized spacial score (nSPS) is 11.8. The van der Waals surface area contributed by atoms with Gasteiger partial charge in [-0.15, -0.1) is 5.73 Å². The fraction of sp³-hybridized carbons (Fsp3) is 0.130. The first-order valence-corrected chi connectivity index (χ1v) is 10.8. The van der Waals surface area contributed by atoms with Crippen molar-refractivity contribution in [2.24, 2.45) is 0 Å². The average Bonchev–Trinajstić information content (AvgIpc) is 3.14. The summed E-state index contributed by atoms with van der Waals surface area (Å²) in [5, 5.41) is 14.9. The number of pyridine rings is 1. The van der Waals surface area contributed by atoms with Crippen LogP contribution in [-0.4, -0.2) is 9.97 Å². The Morgan fingerprint density at radius 1 is 1.33 bits per heavy atom. The van der Waals surface area contributed by atoms with E-state index >= 15 is 0 Å². The Balaban J connectivity index is 2.18. The lowest BCUT2D eigenvalue weighted by Crippen LogP contribution is -2.33. The van der Waals surface area contributed by atoms with Crippen molar-refractivity contribution in [3.05, 3.63) is 80.5 Å². The molecule has 3 aromatic rings. The van der Waals surface area contributed by atoms with Gasteiger partial charge in [0.25, 0.3) is 0 Å². The summed E-state index contributed by atoms with van der Waals surface area (Å²) in [7, 11) is 0. The molecule has 0 aliphatic heterocycles. The van der Waals surface area contributed by atoms with E-state index in [2.05, 4.69) is 49.6 Å². The van der Waals surface area contributed by atoms with Crippen molar-refractivity contribution >= 4 is 43.8 Å². The van der Waals surface area contributed by atoms with Crippen LogP contribution in [0, 0.1) is 24.1 Å². The summed E-state index contributed by atoms with van der Waals surface area (Å²) in [4.78, 5) is 9.63. The summed E-state index contributed by atoms with van der Waals surface area (Å²) >= 11 is 4.68. The Labute approximate surface area is 186 Å². The first kappa shape index (κ1) is 21.7. The molecule has 0 spiro atoms. The third kappa shape index (κ3) is 4.74. The lowest BCUT2D eigenvalue weighted by Gasteiger charge is -2.06. The summed E-state index contributed by atoms with van der Waals surface area (Å²) < 4.78 is 14.0. The van der Waals surface area contributed by atoms with Gasteiger partial charge in [0.1, 0.15) is 32.4 Å². The molecule has 4 nitrogen and oxygen atoms in total. The van der Waals surface area contributed by atoms with E-state index in [0.29, 0.717) is 31.2 Å². The number of allylic oxidation sites excluding steroid dienone is 1. The van der Waals surface area contributed by atoms with Crippen molar-refractivity contribution in [3.8, 4) is 17.3 Å². The highest BCUT2D eigenvalue weighted by atomic mass is 79.9. The average molecular weight is 481 g/mol. The molecule has 0 saturated heterocycles. The molecule has 0 atom stereocenters. The second-order valence-electron chi connectivity index (χ2n) is 6.33. The molecule has 7 heteroatoms. The molecule has 0 aliphatic carbocycles. The van der Waals surface area contributed by atoms with E-state index in [4.69, 9.17) is 0 Å². The third-order valence-corrected chi connectivity index (χ3v) is 5.51. The number of hydrogen-bond acceptors (Lipinski definition) is 5. The van der Waals surface area contributed by atoms with Crippen LogP contribution in [0.25, 0.3) is 22.7 Å². The fourth-order valence-corrected chi connectivity index (χ4v) is 4.15. The predicted octanol–water partition coefficient (Wildman–Crippen LogP) is 5.04. The van der Waals surface area contributed by atoms with Gasteiger partial charge in [0.2, 0.25) is 0 Å². The number of anilines is 1. The van der Waals surface area contributed by atoms with E-state index in [1.54, 1.807) is 12.1 Å². The minimum absolute atomic E-state index is 0.338.